The van der Waals surface area contributed by atoms with Gasteiger partial charge in [-0.2, -0.15) is 0 Å². The van der Waals surface area contributed by atoms with Gasteiger partial charge in [0.05, 0.1) is 6.10 Å². The second-order valence-electron chi connectivity index (χ2n) is 6.35. The van der Waals surface area contributed by atoms with Crippen LogP contribution in [0.5, 0.6) is 0 Å². The van der Waals surface area contributed by atoms with Gasteiger partial charge in [-0.1, -0.05) is 39.0 Å². The van der Waals surface area contributed by atoms with Crippen LogP contribution in [0.1, 0.15) is 71.1 Å². The molecule has 2 rings (SSSR count). The molecule has 0 N–H and O–H groups in total. The van der Waals surface area contributed by atoms with Crippen molar-refractivity contribution in [3.05, 3.63) is 0 Å². The molecule has 0 unspecified atom stereocenters. The molecule has 2 atom stereocenters. The first-order valence-electron chi connectivity index (χ1n) is 7.86. The zero-order valence-electron chi connectivity index (χ0n) is 11.8. The van der Waals surface area contributed by atoms with E-state index < -0.39 is 0 Å². The van der Waals surface area contributed by atoms with Gasteiger partial charge in [0.2, 0.25) is 0 Å². The Bertz CT molecular complexity index is 206. The molecule has 0 aromatic heterocycles. The van der Waals surface area contributed by atoms with Gasteiger partial charge in [0.15, 0.2) is 0 Å². The van der Waals surface area contributed by atoms with Crippen LogP contribution in [-0.2, 0) is 4.74 Å². The fourth-order valence-electron chi connectivity index (χ4n) is 4.18. The topological polar surface area (TPSA) is 9.23 Å². The molecule has 0 spiro atoms. The molecule has 0 aliphatic heterocycles. The lowest BCUT2D eigenvalue weighted by Gasteiger charge is -2.38. The third-order valence-corrected chi connectivity index (χ3v) is 5.25. The Kier molecular flexibility index (Phi) is 5.34. The summed E-state index contributed by atoms with van der Waals surface area (Å²) in [5.41, 5.74) is 0. The van der Waals surface area contributed by atoms with Crippen LogP contribution in [0.3, 0.4) is 0 Å². The molecule has 1 heteroatoms. The molecule has 17 heavy (non-hydrogen) atoms. The molecule has 100 valence electrons. The van der Waals surface area contributed by atoms with Crippen LogP contribution >= 0.6 is 0 Å². The van der Waals surface area contributed by atoms with E-state index in [0.717, 1.165) is 17.8 Å². The van der Waals surface area contributed by atoms with E-state index in [1.165, 1.54) is 64.2 Å². The van der Waals surface area contributed by atoms with Crippen LogP contribution in [0.25, 0.3) is 0 Å². The van der Waals surface area contributed by atoms with E-state index in [1.54, 1.807) is 0 Å². The molecule has 0 radical (unpaired) electrons. The molecule has 0 amide bonds. The highest BCUT2D eigenvalue weighted by Gasteiger charge is 2.31. The van der Waals surface area contributed by atoms with E-state index in [0.29, 0.717) is 6.10 Å². The van der Waals surface area contributed by atoms with Crippen LogP contribution in [0, 0.1) is 17.8 Å². The van der Waals surface area contributed by atoms with Gasteiger partial charge in [0.1, 0.15) is 0 Å². The van der Waals surface area contributed by atoms with Gasteiger partial charge in [-0.25, -0.2) is 0 Å². The van der Waals surface area contributed by atoms with Crippen molar-refractivity contribution in [3.8, 4) is 0 Å². The van der Waals surface area contributed by atoms with E-state index in [9.17, 15) is 0 Å². The average Bonchev–Trinajstić information content (AvgIpc) is 2.40. The first kappa shape index (κ1) is 13.4. The van der Waals surface area contributed by atoms with Crippen molar-refractivity contribution >= 4 is 0 Å². The highest BCUT2D eigenvalue weighted by Crippen LogP contribution is 2.41. The van der Waals surface area contributed by atoms with E-state index >= 15 is 0 Å². The Morgan fingerprint density at radius 2 is 1.71 bits per heavy atom. The van der Waals surface area contributed by atoms with Gasteiger partial charge in [-0.05, 0) is 49.9 Å². The SMILES string of the molecule is CCCC1CCC([C@@H]2CCC[C@@H](OC)C2)CC1. The summed E-state index contributed by atoms with van der Waals surface area (Å²) in [7, 11) is 1.89. The van der Waals surface area contributed by atoms with E-state index in [1.807, 2.05) is 7.11 Å². The van der Waals surface area contributed by atoms with Gasteiger partial charge in [0, 0.05) is 7.11 Å². The molecule has 2 saturated carbocycles. The highest BCUT2D eigenvalue weighted by atomic mass is 16.5. The van der Waals surface area contributed by atoms with Crippen molar-refractivity contribution in [3.63, 3.8) is 0 Å². The third kappa shape index (κ3) is 3.71. The molecule has 2 fully saturated rings. The Morgan fingerprint density at radius 1 is 0.941 bits per heavy atom. The van der Waals surface area contributed by atoms with Crippen LogP contribution in [-0.4, -0.2) is 13.2 Å². The van der Waals surface area contributed by atoms with Gasteiger partial charge in [-0.15, -0.1) is 0 Å². The van der Waals surface area contributed by atoms with Crippen molar-refractivity contribution < 1.29 is 4.74 Å². The number of methoxy groups -OCH3 is 1. The molecule has 2 aliphatic rings. The molecule has 0 bridgehead atoms. The average molecular weight is 238 g/mol. The molecular weight excluding hydrogens is 208 g/mol. The lowest BCUT2D eigenvalue weighted by atomic mass is 9.70. The summed E-state index contributed by atoms with van der Waals surface area (Å²) in [5, 5.41) is 0. The zero-order valence-corrected chi connectivity index (χ0v) is 11.8. The normalized spacial score (nSPS) is 39.2. The van der Waals surface area contributed by atoms with E-state index in [4.69, 9.17) is 4.74 Å². The molecule has 0 aromatic carbocycles. The summed E-state index contributed by atoms with van der Waals surface area (Å²) in [4.78, 5) is 0. The van der Waals surface area contributed by atoms with Crippen molar-refractivity contribution in [2.24, 2.45) is 17.8 Å². The maximum Gasteiger partial charge on any atom is 0.0574 e. The van der Waals surface area contributed by atoms with Crippen LogP contribution < -0.4 is 0 Å². The van der Waals surface area contributed by atoms with Gasteiger partial charge >= 0.3 is 0 Å². The van der Waals surface area contributed by atoms with Crippen molar-refractivity contribution in [2.45, 2.75) is 77.2 Å². The van der Waals surface area contributed by atoms with Crippen molar-refractivity contribution in [1.82, 2.24) is 0 Å². The Hall–Kier alpha value is -0.0400. The van der Waals surface area contributed by atoms with E-state index in [2.05, 4.69) is 6.92 Å². The summed E-state index contributed by atoms with van der Waals surface area (Å²) < 4.78 is 5.57. The Labute approximate surface area is 107 Å². The van der Waals surface area contributed by atoms with Crippen LogP contribution in [0.2, 0.25) is 0 Å². The highest BCUT2D eigenvalue weighted by molar-refractivity contribution is 4.82. The quantitative estimate of drug-likeness (QED) is 0.683. The van der Waals surface area contributed by atoms with Gasteiger partial charge in [-0.3, -0.25) is 0 Å². The maximum absolute atomic E-state index is 5.57. The summed E-state index contributed by atoms with van der Waals surface area (Å²) in [6.07, 6.45) is 15.0. The van der Waals surface area contributed by atoms with E-state index in [-0.39, 0.29) is 0 Å². The van der Waals surface area contributed by atoms with Crippen molar-refractivity contribution in [2.75, 3.05) is 7.11 Å². The lowest BCUT2D eigenvalue weighted by molar-refractivity contribution is 0.0283. The first-order chi connectivity index (χ1) is 8.33. The molecule has 0 saturated heterocycles. The summed E-state index contributed by atoms with van der Waals surface area (Å²) in [5.74, 6) is 3.07. The molecule has 0 heterocycles. The summed E-state index contributed by atoms with van der Waals surface area (Å²) in [6.45, 7) is 2.33. The second kappa shape index (κ2) is 6.78. The molecule has 2 aliphatic carbocycles. The Morgan fingerprint density at radius 3 is 2.35 bits per heavy atom. The minimum atomic E-state index is 0.571. The fourth-order valence-corrected chi connectivity index (χ4v) is 4.18. The predicted octanol–water partition coefficient (Wildman–Crippen LogP) is 4.80. The minimum absolute atomic E-state index is 0.571. The molecule has 1 nitrogen and oxygen atoms in total. The third-order valence-electron chi connectivity index (χ3n) is 5.25. The van der Waals surface area contributed by atoms with Gasteiger partial charge < -0.3 is 4.74 Å². The summed E-state index contributed by atoms with van der Waals surface area (Å²) in [6, 6.07) is 0. The zero-order chi connectivity index (χ0) is 12.1. The fraction of sp³-hybridized carbons (Fsp3) is 1.00. The predicted molar refractivity (Wildman–Crippen MR) is 73.1 cm³/mol. The second-order valence-corrected chi connectivity index (χ2v) is 6.35. The summed E-state index contributed by atoms with van der Waals surface area (Å²) >= 11 is 0. The lowest BCUT2D eigenvalue weighted by Crippen LogP contribution is -2.29. The van der Waals surface area contributed by atoms with Gasteiger partial charge in [0.25, 0.3) is 0 Å². The smallest absolute Gasteiger partial charge is 0.0574 e. The molecule has 0 aromatic rings. The first-order valence-corrected chi connectivity index (χ1v) is 7.86. The monoisotopic (exact) mass is 238 g/mol. The maximum atomic E-state index is 5.57. The largest absolute Gasteiger partial charge is 0.381 e. The minimum Gasteiger partial charge on any atom is -0.381 e. The number of ether oxygens (including phenoxy) is 1. The molecular formula is C16H30O. The standard InChI is InChI=1S/C16H30O/c1-3-5-13-8-10-14(11-9-13)15-6-4-7-16(12-15)17-2/h13-16H,3-12H2,1-2H3/t13?,14?,15-,16-/m1/s1. The van der Waals surface area contributed by atoms with Crippen molar-refractivity contribution in [1.29, 1.82) is 0 Å². The number of hydrogen-bond donors (Lipinski definition) is 0. The number of hydrogen-bond acceptors (Lipinski definition) is 1. The van der Waals surface area contributed by atoms with Crippen LogP contribution in [0.4, 0.5) is 0 Å². The number of rotatable bonds is 4. The Balaban J connectivity index is 1.76. The van der Waals surface area contributed by atoms with Crippen LogP contribution in [0.15, 0.2) is 0 Å².